The summed E-state index contributed by atoms with van der Waals surface area (Å²) in [4.78, 5) is 23.1. The fraction of sp³-hybridized carbons (Fsp3) is 0.308. The summed E-state index contributed by atoms with van der Waals surface area (Å²) in [6.45, 7) is 1.23. The van der Waals surface area contributed by atoms with Crippen molar-refractivity contribution < 1.29 is 19.2 Å². The molecule has 1 N–H and O–H groups in total. The van der Waals surface area contributed by atoms with Gasteiger partial charge in [-0.2, -0.15) is 0 Å². The Labute approximate surface area is 121 Å². The summed E-state index contributed by atoms with van der Waals surface area (Å²) in [5.74, 6) is 0.419. The molecule has 1 amide bonds. The lowest BCUT2D eigenvalue weighted by molar-refractivity contribution is -0.384. The van der Waals surface area contributed by atoms with Crippen LogP contribution in [0.3, 0.4) is 0 Å². The van der Waals surface area contributed by atoms with Gasteiger partial charge < -0.3 is 14.8 Å². The van der Waals surface area contributed by atoms with Gasteiger partial charge in [-0.3, -0.25) is 15.0 Å². The number of rotatable bonds is 6. The van der Waals surface area contributed by atoms with Crippen LogP contribution in [-0.2, 0) is 4.74 Å². The molecule has 0 spiro atoms. The highest BCUT2D eigenvalue weighted by Crippen LogP contribution is 2.28. The molecule has 0 radical (unpaired) electrons. The molecule has 1 aromatic carbocycles. The molecule has 8 heteroatoms. The van der Waals surface area contributed by atoms with Crippen molar-refractivity contribution in [2.24, 2.45) is 0 Å². The summed E-state index contributed by atoms with van der Waals surface area (Å²) in [6, 6.07) is 4.57. The van der Waals surface area contributed by atoms with Crippen molar-refractivity contribution in [3.8, 4) is 5.75 Å². The van der Waals surface area contributed by atoms with Crippen LogP contribution in [0.2, 0.25) is 0 Å². The van der Waals surface area contributed by atoms with Gasteiger partial charge in [0.1, 0.15) is 18.0 Å². The molecule has 0 aromatic heterocycles. The van der Waals surface area contributed by atoms with Crippen LogP contribution in [0.15, 0.2) is 30.5 Å². The molecule has 1 aromatic rings. The predicted octanol–water partition coefficient (Wildman–Crippen LogP) is 1.98. The van der Waals surface area contributed by atoms with Crippen molar-refractivity contribution >= 4 is 17.5 Å². The van der Waals surface area contributed by atoms with Crippen molar-refractivity contribution in [1.82, 2.24) is 4.90 Å². The highest BCUT2D eigenvalue weighted by molar-refractivity contribution is 5.70. The van der Waals surface area contributed by atoms with Gasteiger partial charge in [-0.1, -0.05) is 0 Å². The highest BCUT2D eigenvalue weighted by atomic mass is 16.6. The third-order valence-electron chi connectivity index (χ3n) is 2.89. The van der Waals surface area contributed by atoms with Crippen LogP contribution >= 0.6 is 0 Å². The minimum atomic E-state index is -0.480. The first-order chi connectivity index (χ1) is 10.1. The van der Waals surface area contributed by atoms with E-state index in [1.165, 1.54) is 18.1 Å². The molecule has 0 aliphatic carbocycles. The summed E-state index contributed by atoms with van der Waals surface area (Å²) in [6.07, 6.45) is 2.90. The van der Waals surface area contributed by atoms with Crippen molar-refractivity contribution in [2.45, 2.75) is 0 Å². The Balaban J connectivity index is 1.98. The van der Waals surface area contributed by atoms with Crippen molar-refractivity contribution in [1.29, 1.82) is 0 Å². The second-order valence-electron chi connectivity index (χ2n) is 4.21. The van der Waals surface area contributed by atoms with E-state index in [0.717, 1.165) is 0 Å². The third-order valence-corrected chi connectivity index (χ3v) is 2.89. The fourth-order valence-corrected chi connectivity index (χ4v) is 1.83. The predicted molar refractivity (Wildman–Crippen MR) is 75.3 cm³/mol. The van der Waals surface area contributed by atoms with Crippen LogP contribution in [0.25, 0.3) is 0 Å². The first kappa shape index (κ1) is 14.6. The number of nitrogens with one attached hydrogen (secondary N) is 1. The van der Waals surface area contributed by atoms with Gasteiger partial charge in [-0.25, -0.2) is 4.79 Å². The molecule has 1 fully saturated rings. The number of nitrogens with zero attached hydrogens (tertiary/aromatic N) is 2. The van der Waals surface area contributed by atoms with Gasteiger partial charge in [0, 0.05) is 12.7 Å². The number of amides is 1. The molecular weight excluding hydrogens is 278 g/mol. The molecule has 0 unspecified atom stereocenters. The number of carbonyl (C=O) groups excluding carboxylic acids is 1. The molecule has 112 valence electrons. The number of methoxy groups -OCH3 is 1. The number of carbonyl (C=O) groups is 1. The largest absolute Gasteiger partial charge is 0.496 e. The Morgan fingerprint density at radius 3 is 3.00 bits per heavy atom. The maximum absolute atomic E-state index is 11.2. The average Bonchev–Trinajstić information content (AvgIpc) is 2.89. The van der Waals surface area contributed by atoms with Gasteiger partial charge in [-0.15, -0.1) is 0 Å². The molecule has 2 rings (SSSR count). The summed E-state index contributed by atoms with van der Waals surface area (Å²) in [5.41, 5.74) is 0.317. The zero-order valence-corrected chi connectivity index (χ0v) is 11.4. The van der Waals surface area contributed by atoms with Gasteiger partial charge >= 0.3 is 6.09 Å². The van der Waals surface area contributed by atoms with Crippen LogP contribution in [0.5, 0.6) is 5.75 Å². The van der Waals surface area contributed by atoms with Gasteiger partial charge in [0.15, 0.2) is 0 Å². The standard InChI is InChI=1S/C13H15N3O5/c1-20-10-3-4-11(12(9-10)16(18)19)14-5-2-6-15-7-8-21-13(15)17/h2-4,6,9,14H,5,7-8H2,1H3/b6-2+. The summed E-state index contributed by atoms with van der Waals surface area (Å²) in [7, 11) is 1.45. The number of cyclic esters (lactones) is 1. The van der Waals surface area contributed by atoms with E-state index in [2.05, 4.69) is 5.32 Å². The van der Waals surface area contributed by atoms with E-state index in [-0.39, 0.29) is 11.8 Å². The fourth-order valence-electron chi connectivity index (χ4n) is 1.83. The minimum Gasteiger partial charge on any atom is -0.496 e. The van der Waals surface area contributed by atoms with Crippen molar-refractivity contribution in [3.63, 3.8) is 0 Å². The van der Waals surface area contributed by atoms with E-state index in [9.17, 15) is 14.9 Å². The topological polar surface area (TPSA) is 93.9 Å². The number of nitro groups is 1. The zero-order valence-electron chi connectivity index (χ0n) is 11.4. The molecule has 0 bridgehead atoms. The summed E-state index contributed by atoms with van der Waals surface area (Å²) in [5, 5.41) is 13.9. The van der Waals surface area contributed by atoms with Gasteiger partial charge in [0.2, 0.25) is 0 Å². The van der Waals surface area contributed by atoms with Gasteiger partial charge in [-0.05, 0) is 18.2 Å². The molecular formula is C13H15N3O5. The number of anilines is 1. The number of nitro benzene ring substituents is 1. The SMILES string of the molecule is COc1ccc(NC/C=C/N2CCOC2=O)c([N+](=O)[O-])c1. The number of hydrogen-bond donors (Lipinski definition) is 1. The Morgan fingerprint density at radius 2 is 2.38 bits per heavy atom. The normalized spacial score (nSPS) is 14.3. The lowest BCUT2D eigenvalue weighted by Crippen LogP contribution is -2.17. The Morgan fingerprint density at radius 1 is 1.57 bits per heavy atom. The monoisotopic (exact) mass is 293 g/mol. The lowest BCUT2D eigenvalue weighted by atomic mass is 10.2. The molecule has 0 atom stereocenters. The number of ether oxygens (including phenoxy) is 2. The van der Waals surface area contributed by atoms with Crippen LogP contribution in [-0.4, -0.2) is 42.7 Å². The molecule has 21 heavy (non-hydrogen) atoms. The maximum atomic E-state index is 11.2. The van der Waals surface area contributed by atoms with Crippen LogP contribution < -0.4 is 10.1 Å². The van der Waals surface area contributed by atoms with Crippen molar-refractivity contribution in [2.75, 3.05) is 32.1 Å². The first-order valence-corrected chi connectivity index (χ1v) is 6.28. The molecule has 1 aliphatic rings. The summed E-state index contributed by atoms with van der Waals surface area (Å²) >= 11 is 0. The van der Waals surface area contributed by atoms with E-state index in [1.54, 1.807) is 24.4 Å². The first-order valence-electron chi connectivity index (χ1n) is 6.28. The quantitative estimate of drug-likeness (QED) is 0.636. The average molecular weight is 293 g/mol. The lowest BCUT2D eigenvalue weighted by Gasteiger charge is -2.08. The van der Waals surface area contributed by atoms with E-state index in [4.69, 9.17) is 9.47 Å². The Kier molecular flexibility index (Phi) is 4.60. The maximum Gasteiger partial charge on any atom is 0.413 e. The second kappa shape index (κ2) is 6.60. The smallest absolute Gasteiger partial charge is 0.413 e. The second-order valence-corrected chi connectivity index (χ2v) is 4.21. The minimum absolute atomic E-state index is 0.0664. The van der Waals surface area contributed by atoms with E-state index >= 15 is 0 Å². The highest BCUT2D eigenvalue weighted by Gasteiger charge is 2.19. The number of hydrogen-bond acceptors (Lipinski definition) is 6. The van der Waals surface area contributed by atoms with Crippen LogP contribution in [0, 0.1) is 10.1 Å². The molecule has 1 saturated heterocycles. The van der Waals surface area contributed by atoms with Crippen molar-refractivity contribution in [3.05, 3.63) is 40.6 Å². The third kappa shape index (κ3) is 3.62. The number of benzene rings is 1. The molecule has 1 heterocycles. The Hall–Kier alpha value is -2.77. The van der Waals surface area contributed by atoms with Crippen LogP contribution in [0.4, 0.5) is 16.2 Å². The molecule has 8 nitrogen and oxygen atoms in total. The zero-order chi connectivity index (χ0) is 15.2. The molecule has 1 aliphatic heterocycles. The van der Waals surface area contributed by atoms with Gasteiger partial charge in [0.05, 0.1) is 24.6 Å². The van der Waals surface area contributed by atoms with E-state index in [0.29, 0.717) is 31.1 Å². The molecule has 0 saturated carbocycles. The van der Waals surface area contributed by atoms with E-state index < -0.39 is 4.92 Å². The van der Waals surface area contributed by atoms with Gasteiger partial charge in [0.25, 0.3) is 5.69 Å². The van der Waals surface area contributed by atoms with E-state index in [1.807, 2.05) is 0 Å². The Bertz CT molecular complexity index is 573. The summed E-state index contributed by atoms with van der Waals surface area (Å²) < 4.78 is 9.73. The van der Waals surface area contributed by atoms with Crippen LogP contribution in [0.1, 0.15) is 0 Å².